The van der Waals surface area contributed by atoms with Crippen LogP contribution in [0.25, 0.3) is 6.08 Å². The monoisotopic (exact) mass is 641 g/mol. The van der Waals surface area contributed by atoms with E-state index in [1.807, 2.05) is 98.8 Å². The summed E-state index contributed by atoms with van der Waals surface area (Å²) in [4.78, 5) is 40.1. The minimum absolute atomic E-state index is 0.0721. The highest BCUT2D eigenvalue weighted by Gasteiger charge is 2.16. The van der Waals surface area contributed by atoms with Crippen LogP contribution in [-0.2, 0) is 16.2 Å². The zero-order valence-electron chi connectivity index (χ0n) is 26.2. The number of ether oxygens (including phenoxy) is 1. The van der Waals surface area contributed by atoms with Crippen LogP contribution in [0.2, 0.25) is 0 Å². The van der Waals surface area contributed by atoms with Crippen molar-refractivity contribution in [3.8, 4) is 5.75 Å². The summed E-state index contributed by atoms with van der Waals surface area (Å²) in [5, 5.41) is 8.66. The lowest BCUT2D eigenvalue weighted by Gasteiger charge is -2.13. The number of thioether (sulfide) groups is 1. The van der Waals surface area contributed by atoms with Crippen LogP contribution in [0.5, 0.6) is 5.75 Å². The van der Waals surface area contributed by atoms with Crippen molar-refractivity contribution in [2.45, 2.75) is 25.3 Å². The summed E-state index contributed by atoms with van der Waals surface area (Å²) in [5.41, 5.74) is 5.62. The predicted octanol–water partition coefficient (Wildman–Crippen LogP) is 8.02. The van der Waals surface area contributed by atoms with Gasteiger partial charge < -0.3 is 20.7 Å². The maximum atomic E-state index is 13.6. The van der Waals surface area contributed by atoms with Gasteiger partial charge in [0.05, 0.1) is 5.75 Å². The molecule has 236 valence electrons. The van der Waals surface area contributed by atoms with Crippen molar-refractivity contribution in [2.24, 2.45) is 0 Å². The van der Waals surface area contributed by atoms with E-state index < -0.39 is 11.8 Å². The number of nitrogens with one attached hydrogen (secondary N) is 3. The third-order valence-corrected chi connectivity index (χ3v) is 8.17. The zero-order chi connectivity index (χ0) is 33.0. The topological polar surface area (TPSA) is 96.5 Å². The summed E-state index contributed by atoms with van der Waals surface area (Å²) in [6.45, 7) is 4.36. The van der Waals surface area contributed by atoms with Gasteiger partial charge in [-0.05, 0) is 84.6 Å². The summed E-state index contributed by atoms with van der Waals surface area (Å²) in [6.07, 6.45) is 1.62. The van der Waals surface area contributed by atoms with Gasteiger partial charge in [-0.15, -0.1) is 11.8 Å². The Morgan fingerprint density at radius 2 is 1.38 bits per heavy atom. The van der Waals surface area contributed by atoms with Gasteiger partial charge in [-0.25, -0.2) is 0 Å². The Labute approximate surface area is 279 Å². The molecule has 0 bridgehead atoms. The van der Waals surface area contributed by atoms with Gasteiger partial charge in [-0.2, -0.15) is 0 Å². The average molecular weight is 642 g/mol. The van der Waals surface area contributed by atoms with Crippen molar-refractivity contribution < 1.29 is 19.1 Å². The van der Waals surface area contributed by atoms with Crippen molar-refractivity contribution >= 4 is 46.9 Å². The minimum atomic E-state index is -0.492. The van der Waals surface area contributed by atoms with Crippen molar-refractivity contribution in [3.63, 3.8) is 0 Å². The Morgan fingerprint density at radius 1 is 0.723 bits per heavy atom. The lowest BCUT2D eigenvalue weighted by Crippen LogP contribution is -2.30. The summed E-state index contributed by atoms with van der Waals surface area (Å²) < 4.78 is 5.89. The van der Waals surface area contributed by atoms with Crippen LogP contribution in [0, 0.1) is 13.8 Å². The number of hydrogen-bond donors (Lipinski definition) is 3. The van der Waals surface area contributed by atoms with Crippen molar-refractivity contribution in [1.29, 1.82) is 0 Å². The van der Waals surface area contributed by atoms with Gasteiger partial charge in [0.15, 0.2) is 0 Å². The molecule has 3 amide bonds. The predicted molar refractivity (Wildman–Crippen MR) is 189 cm³/mol. The van der Waals surface area contributed by atoms with E-state index in [-0.39, 0.29) is 17.4 Å². The number of para-hydroxylation sites is 1. The van der Waals surface area contributed by atoms with Crippen molar-refractivity contribution in [1.82, 2.24) is 5.32 Å². The van der Waals surface area contributed by atoms with E-state index in [0.29, 0.717) is 29.2 Å². The van der Waals surface area contributed by atoms with Gasteiger partial charge in [0.2, 0.25) is 5.91 Å². The van der Waals surface area contributed by atoms with Crippen LogP contribution in [0.3, 0.4) is 0 Å². The lowest BCUT2D eigenvalue weighted by atomic mass is 10.1. The molecule has 0 fully saturated rings. The lowest BCUT2D eigenvalue weighted by molar-refractivity contribution is -0.114. The highest BCUT2D eigenvalue weighted by Crippen LogP contribution is 2.24. The summed E-state index contributed by atoms with van der Waals surface area (Å²) in [5.74, 6) is -0.133. The molecule has 5 aromatic carbocycles. The normalized spacial score (nSPS) is 11.0. The van der Waals surface area contributed by atoms with Gasteiger partial charge in [-0.1, -0.05) is 84.9 Å². The van der Waals surface area contributed by atoms with Gasteiger partial charge in [0.25, 0.3) is 11.8 Å². The number of carbonyl (C=O) groups excluding carboxylic acids is 3. The Hall–Kier alpha value is -5.60. The summed E-state index contributed by atoms with van der Waals surface area (Å²) in [7, 11) is 0. The number of aryl methyl sites for hydroxylation is 2. The molecule has 3 N–H and O–H groups in total. The van der Waals surface area contributed by atoms with Crippen LogP contribution >= 0.6 is 11.8 Å². The molecule has 7 nitrogen and oxygen atoms in total. The molecule has 8 heteroatoms. The molecule has 47 heavy (non-hydrogen) atoms. The highest BCUT2D eigenvalue weighted by atomic mass is 32.2. The first-order chi connectivity index (χ1) is 22.8. The Morgan fingerprint density at radius 3 is 2.09 bits per heavy atom. The minimum Gasteiger partial charge on any atom is -0.489 e. The van der Waals surface area contributed by atoms with E-state index in [9.17, 15) is 14.4 Å². The molecule has 0 heterocycles. The van der Waals surface area contributed by atoms with E-state index in [0.717, 1.165) is 27.3 Å². The van der Waals surface area contributed by atoms with E-state index in [1.54, 1.807) is 48.5 Å². The summed E-state index contributed by atoms with van der Waals surface area (Å²) >= 11 is 1.36. The number of hydrogen-bond acceptors (Lipinski definition) is 5. The summed E-state index contributed by atoms with van der Waals surface area (Å²) in [6, 6.07) is 39.0. The van der Waals surface area contributed by atoms with E-state index >= 15 is 0 Å². The van der Waals surface area contributed by atoms with Crippen LogP contribution in [-0.4, -0.2) is 23.5 Å². The second-order valence-electron chi connectivity index (χ2n) is 10.8. The molecule has 0 spiro atoms. The molecule has 0 unspecified atom stereocenters. The van der Waals surface area contributed by atoms with Gasteiger partial charge in [0.1, 0.15) is 18.1 Å². The van der Waals surface area contributed by atoms with E-state index in [4.69, 9.17) is 4.74 Å². The molecule has 0 radical (unpaired) electrons. The van der Waals surface area contributed by atoms with Gasteiger partial charge in [-0.3, -0.25) is 14.4 Å². The van der Waals surface area contributed by atoms with E-state index in [1.165, 1.54) is 11.8 Å². The van der Waals surface area contributed by atoms with Crippen LogP contribution < -0.4 is 20.7 Å². The average Bonchev–Trinajstić information content (AvgIpc) is 3.09. The third kappa shape index (κ3) is 9.69. The second kappa shape index (κ2) is 16.1. The first kappa shape index (κ1) is 32.8. The molecule has 5 rings (SSSR count). The first-order valence-electron chi connectivity index (χ1n) is 15.1. The maximum absolute atomic E-state index is 13.6. The largest absolute Gasteiger partial charge is 0.489 e. The fraction of sp³-hybridized carbons (Fsp3) is 0.103. The third-order valence-electron chi connectivity index (χ3n) is 7.18. The number of amides is 3. The molecule has 0 atom stereocenters. The number of benzene rings is 5. The smallest absolute Gasteiger partial charge is 0.272 e. The quantitative estimate of drug-likeness (QED) is 0.0947. The van der Waals surface area contributed by atoms with Gasteiger partial charge in [0, 0.05) is 21.8 Å². The SMILES string of the molecule is Cc1cccc(C)c1NC(=O)CSc1cccc(NC(=O)/C(=C\c2ccc(OCc3ccccc3)cc2)NC(=O)c2ccccc2)c1. The Kier molecular flexibility index (Phi) is 11.2. The molecule has 0 aliphatic carbocycles. The molecule has 0 saturated carbocycles. The van der Waals surface area contributed by atoms with Gasteiger partial charge >= 0.3 is 0 Å². The molecule has 0 aromatic heterocycles. The zero-order valence-corrected chi connectivity index (χ0v) is 27.0. The Balaban J connectivity index is 1.27. The second-order valence-corrected chi connectivity index (χ2v) is 11.9. The molecule has 0 aliphatic rings. The highest BCUT2D eigenvalue weighted by molar-refractivity contribution is 8.00. The number of anilines is 2. The number of rotatable bonds is 12. The van der Waals surface area contributed by atoms with Crippen LogP contribution in [0.4, 0.5) is 11.4 Å². The molecular formula is C39H35N3O4S. The van der Waals surface area contributed by atoms with Crippen LogP contribution in [0.1, 0.15) is 32.6 Å². The molecule has 5 aromatic rings. The maximum Gasteiger partial charge on any atom is 0.272 e. The van der Waals surface area contributed by atoms with Crippen molar-refractivity contribution in [2.75, 3.05) is 16.4 Å². The van der Waals surface area contributed by atoms with Crippen molar-refractivity contribution in [3.05, 3.63) is 161 Å². The van der Waals surface area contributed by atoms with Crippen LogP contribution in [0.15, 0.2) is 138 Å². The Bertz CT molecular complexity index is 1850. The first-order valence-corrected chi connectivity index (χ1v) is 16.1. The molecule has 0 aliphatic heterocycles. The molecular weight excluding hydrogens is 607 g/mol. The molecule has 0 saturated heterocycles. The fourth-order valence-corrected chi connectivity index (χ4v) is 5.46. The fourth-order valence-electron chi connectivity index (χ4n) is 4.71. The number of carbonyl (C=O) groups is 3. The standard InChI is InChI=1S/C39H35N3O4S/c1-27-11-9-12-28(2)37(27)42-36(43)26-47-34-18-10-17-32(24-34)40-39(45)35(41-38(44)31-15-7-4-8-16-31)23-29-19-21-33(22-20-29)46-25-30-13-5-3-6-14-30/h3-24H,25-26H2,1-2H3,(H,40,45)(H,41,44)(H,42,43)/b35-23+. The van der Waals surface area contributed by atoms with E-state index in [2.05, 4.69) is 16.0 Å².